The molecule has 2 heterocycles. The van der Waals surface area contributed by atoms with Gasteiger partial charge in [0.25, 0.3) is 0 Å². The molecule has 0 aliphatic heterocycles. The summed E-state index contributed by atoms with van der Waals surface area (Å²) in [5.41, 5.74) is 0.608. The Morgan fingerprint density at radius 3 is 2.75 bits per heavy atom. The number of pyridine rings is 1. The minimum Gasteiger partial charge on any atom is -0.506 e. The number of carboxylic acid groups (broad SMARTS) is 1. The van der Waals surface area contributed by atoms with Gasteiger partial charge in [0.1, 0.15) is 17.4 Å². The van der Waals surface area contributed by atoms with E-state index >= 15 is 0 Å². The summed E-state index contributed by atoms with van der Waals surface area (Å²) in [6.07, 6.45) is 1.34. The van der Waals surface area contributed by atoms with Gasteiger partial charge in [-0.25, -0.2) is 14.2 Å². The number of aromatic nitrogens is 2. The number of hydrogen-bond donors (Lipinski definition) is 2. The first kappa shape index (κ1) is 12.2. The van der Waals surface area contributed by atoms with Crippen LogP contribution in [0.5, 0.6) is 5.75 Å². The monoisotopic (exact) mass is 272 g/mol. The Morgan fingerprint density at radius 2 is 2.05 bits per heavy atom. The molecule has 0 radical (unpaired) electrons. The number of imidazole rings is 1. The first-order chi connectivity index (χ1) is 9.56. The average Bonchev–Trinajstić information content (AvgIpc) is 2.77. The third-order valence-electron chi connectivity index (χ3n) is 2.91. The molecule has 0 saturated carbocycles. The quantitative estimate of drug-likeness (QED) is 0.751. The lowest BCUT2D eigenvalue weighted by Gasteiger charge is -2.02. The summed E-state index contributed by atoms with van der Waals surface area (Å²) in [7, 11) is 0. The van der Waals surface area contributed by atoms with Crippen LogP contribution in [-0.2, 0) is 0 Å². The summed E-state index contributed by atoms with van der Waals surface area (Å²) in [4.78, 5) is 15.2. The Hall–Kier alpha value is -2.89. The van der Waals surface area contributed by atoms with Crippen LogP contribution in [0.4, 0.5) is 4.39 Å². The number of carboxylic acids is 1. The number of carbonyl (C=O) groups is 1. The van der Waals surface area contributed by atoms with E-state index in [4.69, 9.17) is 5.11 Å². The Kier molecular flexibility index (Phi) is 2.64. The zero-order chi connectivity index (χ0) is 14.3. The maximum absolute atomic E-state index is 13.3. The van der Waals surface area contributed by atoms with Gasteiger partial charge in [-0.3, -0.25) is 4.40 Å². The van der Waals surface area contributed by atoms with Gasteiger partial charge < -0.3 is 10.2 Å². The summed E-state index contributed by atoms with van der Waals surface area (Å²) in [5.74, 6) is -1.41. The summed E-state index contributed by atoms with van der Waals surface area (Å²) >= 11 is 0. The number of aromatic hydroxyl groups is 1. The molecule has 3 rings (SSSR count). The van der Waals surface area contributed by atoms with Gasteiger partial charge in [0.15, 0.2) is 5.69 Å². The third kappa shape index (κ3) is 1.87. The molecule has 20 heavy (non-hydrogen) atoms. The molecule has 0 atom stereocenters. The van der Waals surface area contributed by atoms with Gasteiger partial charge in [0.2, 0.25) is 0 Å². The normalized spacial score (nSPS) is 10.8. The molecule has 0 unspecified atom stereocenters. The highest BCUT2D eigenvalue weighted by Gasteiger charge is 2.18. The zero-order valence-corrected chi connectivity index (χ0v) is 10.1. The molecule has 1 aromatic carbocycles. The number of rotatable bonds is 2. The minimum atomic E-state index is -1.18. The van der Waals surface area contributed by atoms with Crippen LogP contribution in [0, 0.1) is 5.82 Å². The molecule has 5 nitrogen and oxygen atoms in total. The predicted octanol–water partition coefficient (Wildman–Crippen LogP) is 2.54. The van der Waals surface area contributed by atoms with Crippen molar-refractivity contribution in [3.63, 3.8) is 0 Å². The van der Waals surface area contributed by atoms with Crippen molar-refractivity contribution >= 4 is 11.5 Å². The predicted molar refractivity (Wildman–Crippen MR) is 69.2 cm³/mol. The Morgan fingerprint density at radius 1 is 1.25 bits per heavy atom. The highest BCUT2D eigenvalue weighted by Crippen LogP contribution is 2.25. The fourth-order valence-electron chi connectivity index (χ4n) is 2.06. The molecule has 2 N–H and O–H groups in total. The molecule has 0 fully saturated rings. The van der Waals surface area contributed by atoms with Gasteiger partial charge in [0.05, 0.1) is 11.7 Å². The Balaban J connectivity index is 2.35. The fourth-order valence-corrected chi connectivity index (χ4v) is 2.06. The van der Waals surface area contributed by atoms with Crippen molar-refractivity contribution in [3.8, 4) is 17.1 Å². The van der Waals surface area contributed by atoms with E-state index in [0.29, 0.717) is 11.1 Å². The van der Waals surface area contributed by atoms with E-state index in [1.165, 1.54) is 40.9 Å². The molecule has 0 saturated heterocycles. The van der Waals surface area contributed by atoms with E-state index in [1.807, 2.05) is 0 Å². The summed E-state index contributed by atoms with van der Waals surface area (Å²) in [6, 6.07) is 8.50. The number of aromatic carboxylic acids is 1. The molecular formula is C14H9FN2O3. The Labute approximate surface area is 112 Å². The number of nitrogens with zero attached hydrogens (tertiary/aromatic N) is 2. The van der Waals surface area contributed by atoms with Crippen LogP contribution in [0.2, 0.25) is 0 Å². The van der Waals surface area contributed by atoms with E-state index in [2.05, 4.69) is 4.98 Å². The van der Waals surface area contributed by atoms with Gasteiger partial charge in [-0.15, -0.1) is 0 Å². The van der Waals surface area contributed by atoms with Crippen LogP contribution < -0.4 is 0 Å². The lowest BCUT2D eigenvalue weighted by Crippen LogP contribution is -1.97. The van der Waals surface area contributed by atoms with E-state index in [1.54, 1.807) is 6.07 Å². The minimum absolute atomic E-state index is 0.0375. The van der Waals surface area contributed by atoms with Gasteiger partial charge in [-0.1, -0.05) is 12.1 Å². The number of fused-ring (bicyclic) bond motifs is 1. The van der Waals surface area contributed by atoms with Crippen molar-refractivity contribution in [1.29, 1.82) is 0 Å². The van der Waals surface area contributed by atoms with Crippen molar-refractivity contribution < 1.29 is 19.4 Å². The second-order valence-corrected chi connectivity index (χ2v) is 4.24. The summed E-state index contributed by atoms with van der Waals surface area (Å²) in [6.45, 7) is 0. The maximum atomic E-state index is 13.3. The number of halogens is 1. The SMILES string of the molecule is O=C(O)c1nc(-c2cccc(F)c2)n2cc(O)ccc12. The van der Waals surface area contributed by atoms with Crippen LogP contribution >= 0.6 is 0 Å². The fraction of sp³-hybridized carbons (Fsp3) is 0. The van der Waals surface area contributed by atoms with Crippen LogP contribution in [0.3, 0.4) is 0 Å². The molecule has 0 aliphatic rings. The van der Waals surface area contributed by atoms with E-state index < -0.39 is 11.8 Å². The molecule has 0 amide bonds. The van der Waals surface area contributed by atoms with E-state index in [9.17, 15) is 14.3 Å². The van der Waals surface area contributed by atoms with Crippen LogP contribution in [-0.4, -0.2) is 25.6 Å². The van der Waals surface area contributed by atoms with Crippen LogP contribution in [0.1, 0.15) is 10.5 Å². The van der Waals surface area contributed by atoms with Crippen LogP contribution in [0.15, 0.2) is 42.6 Å². The van der Waals surface area contributed by atoms with Crippen molar-refractivity contribution in [1.82, 2.24) is 9.38 Å². The Bertz CT molecular complexity index is 826. The van der Waals surface area contributed by atoms with Gasteiger partial charge in [-0.05, 0) is 24.3 Å². The number of hydrogen-bond acceptors (Lipinski definition) is 3. The molecule has 3 aromatic rings. The van der Waals surface area contributed by atoms with Crippen molar-refractivity contribution in [2.24, 2.45) is 0 Å². The van der Waals surface area contributed by atoms with E-state index in [0.717, 1.165) is 0 Å². The molecule has 0 bridgehead atoms. The van der Waals surface area contributed by atoms with Crippen molar-refractivity contribution in [2.45, 2.75) is 0 Å². The van der Waals surface area contributed by atoms with Crippen molar-refractivity contribution in [3.05, 3.63) is 54.1 Å². The molecule has 0 spiro atoms. The summed E-state index contributed by atoms with van der Waals surface area (Å²) < 4.78 is 14.7. The molecule has 100 valence electrons. The molecule has 0 aliphatic carbocycles. The first-order valence-corrected chi connectivity index (χ1v) is 5.76. The third-order valence-corrected chi connectivity index (χ3v) is 2.91. The highest BCUT2D eigenvalue weighted by atomic mass is 19.1. The molecular weight excluding hydrogens is 263 g/mol. The largest absolute Gasteiger partial charge is 0.506 e. The lowest BCUT2D eigenvalue weighted by molar-refractivity contribution is 0.0693. The van der Waals surface area contributed by atoms with Gasteiger partial charge in [-0.2, -0.15) is 0 Å². The smallest absolute Gasteiger partial charge is 0.356 e. The number of benzene rings is 1. The zero-order valence-electron chi connectivity index (χ0n) is 10.1. The maximum Gasteiger partial charge on any atom is 0.356 e. The molecule has 2 aromatic heterocycles. The van der Waals surface area contributed by atoms with Gasteiger partial charge in [0, 0.05) is 5.56 Å². The second-order valence-electron chi connectivity index (χ2n) is 4.24. The second kappa shape index (κ2) is 4.34. The summed E-state index contributed by atoms with van der Waals surface area (Å²) in [5, 5.41) is 18.7. The highest BCUT2D eigenvalue weighted by molar-refractivity contribution is 5.95. The average molecular weight is 272 g/mol. The standard InChI is InChI=1S/C14H9FN2O3/c15-9-3-1-2-8(6-9)13-16-12(14(19)20)11-5-4-10(18)7-17(11)13/h1-7,18H,(H,19,20). The van der Waals surface area contributed by atoms with Crippen molar-refractivity contribution in [2.75, 3.05) is 0 Å². The lowest BCUT2D eigenvalue weighted by atomic mass is 10.2. The van der Waals surface area contributed by atoms with E-state index in [-0.39, 0.29) is 17.3 Å². The topological polar surface area (TPSA) is 74.8 Å². The molecule has 6 heteroatoms. The van der Waals surface area contributed by atoms with Crippen LogP contribution in [0.25, 0.3) is 16.9 Å². The van der Waals surface area contributed by atoms with Gasteiger partial charge >= 0.3 is 5.97 Å². The first-order valence-electron chi connectivity index (χ1n) is 5.76.